The van der Waals surface area contributed by atoms with Gasteiger partial charge in [0.05, 0.1) is 22.5 Å². The molecule has 10 amide bonds. The molecule has 6 atom stereocenters. The zero-order chi connectivity index (χ0) is 65.6. The van der Waals surface area contributed by atoms with Gasteiger partial charge in [-0.05, 0) is 90.4 Å². The Balaban J connectivity index is 0.800. The summed E-state index contributed by atoms with van der Waals surface area (Å²) in [5, 5.41) is 10.4. The van der Waals surface area contributed by atoms with Gasteiger partial charge >= 0.3 is 13.3 Å². The predicted octanol–water partition coefficient (Wildman–Crippen LogP) is 3.01. The minimum Gasteiger partial charge on any atom is -0.371 e. The summed E-state index contributed by atoms with van der Waals surface area (Å²) in [7, 11) is -5.94. The van der Waals surface area contributed by atoms with Crippen LogP contribution in [0.1, 0.15) is 113 Å². The van der Waals surface area contributed by atoms with Crippen LogP contribution >= 0.6 is 18.9 Å². The number of imide groups is 2. The van der Waals surface area contributed by atoms with Gasteiger partial charge in [-0.3, -0.25) is 72.5 Å². The molecule has 5 saturated heterocycles. The first kappa shape index (κ1) is 66.2. The van der Waals surface area contributed by atoms with E-state index in [-0.39, 0.29) is 95.3 Å². The second-order valence-electron chi connectivity index (χ2n) is 25.3. The van der Waals surface area contributed by atoms with Gasteiger partial charge in [0, 0.05) is 106 Å². The molecule has 0 bridgehead atoms. The van der Waals surface area contributed by atoms with Gasteiger partial charge in [-0.2, -0.15) is 8.78 Å². The number of carbonyl (C=O) groups is 10. The van der Waals surface area contributed by atoms with Crippen molar-refractivity contribution < 1.29 is 79.9 Å². The number of piperazine rings is 1. The van der Waals surface area contributed by atoms with Crippen molar-refractivity contribution in [2.75, 3.05) is 70.3 Å². The van der Waals surface area contributed by atoms with E-state index in [9.17, 15) is 79.9 Å². The van der Waals surface area contributed by atoms with Gasteiger partial charge in [0.15, 0.2) is 0 Å². The second-order valence-corrected chi connectivity index (χ2v) is 28.0. The first-order valence-corrected chi connectivity index (χ1v) is 32.6. The normalized spacial score (nSPS) is 22.1. The van der Waals surface area contributed by atoms with Crippen LogP contribution in [-0.4, -0.2) is 201 Å². The van der Waals surface area contributed by atoms with Gasteiger partial charge in [0.2, 0.25) is 41.4 Å². The molecule has 10 rings (SSSR count). The number of nitrogens with zero attached hydrogens (tertiary/aromatic N) is 6. The van der Waals surface area contributed by atoms with Crippen LogP contribution in [-0.2, 0) is 55.6 Å². The van der Waals surface area contributed by atoms with E-state index in [1.165, 1.54) is 15.9 Å². The van der Waals surface area contributed by atoms with Gasteiger partial charge in [-0.1, -0.05) is 51.1 Å². The monoisotopic (exact) mass is 1310 g/mol. The van der Waals surface area contributed by atoms with E-state index in [4.69, 9.17) is 5.73 Å². The van der Waals surface area contributed by atoms with Crippen molar-refractivity contribution in [2.24, 2.45) is 11.7 Å². The maximum Gasteiger partial charge on any atom is 0.399 e. The fourth-order valence-electron chi connectivity index (χ4n) is 12.9. The molecule has 3 aromatic carbocycles. The molecule has 1 aromatic heterocycles. The van der Waals surface area contributed by atoms with Gasteiger partial charge < -0.3 is 46.2 Å². The molecule has 488 valence electrons. The number of nitrogens with one attached hydrogen (secondary N) is 4. The summed E-state index contributed by atoms with van der Waals surface area (Å²) < 4.78 is 69.1. The molecule has 7 heterocycles. The summed E-state index contributed by atoms with van der Waals surface area (Å²) in [5.74, 6) is -6.66. The number of hydrogen-bond acceptors (Lipinski definition) is 15. The summed E-state index contributed by atoms with van der Waals surface area (Å²) in [6, 6.07) is 9.34. The van der Waals surface area contributed by atoms with Gasteiger partial charge in [0.1, 0.15) is 30.2 Å². The van der Waals surface area contributed by atoms with E-state index in [2.05, 4.69) is 51.8 Å². The molecule has 0 saturated carbocycles. The zero-order valence-electron chi connectivity index (χ0n) is 50.2. The van der Waals surface area contributed by atoms with Crippen molar-refractivity contribution in [3.63, 3.8) is 0 Å². The maximum absolute atomic E-state index is 14.8. The number of rotatable bonds is 20. The van der Waals surface area contributed by atoms with Crippen molar-refractivity contribution in [3.8, 4) is 0 Å². The number of anilines is 1. The van der Waals surface area contributed by atoms with Crippen molar-refractivity contribution in [1.29, 1.82) is 0 Å². The average molecular weight is 1310 g/mol. The first-order chi connectivity index (χ1) is 42.9. The molecular formula is C61H72F4N11O13PS. The molecule has 91 heavy (non-hydrogen) atoms. The Morgan fingerprint density at radius 1 is 0.791 bits per heavy atom. The summed E-state index contributed by atoms with van der Waals surface area (Å²) in [6.07, 6.45) is -2.99. The molecule has 6 aliphatic heterocycles. The number of fused-ring (bicyclic) bond motifs is 3. The molecular weight excluding hydrogens is 1230 g/mol. The standard InChI is InChI=1S/C61H72F4N11O13PS/c1-60(2,3)36-6-4-33(5-7-36)24-43(58(85)73-22-20-71(21-23-73)28-34-29-74(30-34)39-9-11-40-41(27-39)57(84)76(56(40)83)46-14-17-51(78)70-54(46)81)68-52(79)42(12-16-50(66)77)67-53(80)45-13-10-38-18-19-72(32-49(62)63)31-44(59(86)75(38)45)69-55(82)48-26-35-25-37(8-15-47(35)91-48)61(64,65)90(87,88)89/h4-9,11,15,25-27,34,38,42-46,49H,10,12-14,16-24,28-32H2,1-3H3,(H2,66,77)(H,67,80)(H,68,79)(H,69,82)(H,70,78,81)(H2,87,88,89)/t38-,42+,43+,44+,45+,46?/m1/s1. The highest BCUT2D eigenvalue weighted by Gasteiger charge is 2.51. The predicted molar refractivity (Wildman–Crippen MR) is 323 cm³/mol. The highest BCUT2D eigenvalue weighted by molar-refractivity contribution is 7.52. The lowest BCUT2D eigenvalue weighted by atomic mass is 9.86. The molecule has 4 aromatic rings. The topological polar surface area (TPSA) is 322 Å². The number of thiophene rings is 1. The molecule has 1 unspecified atom stereocenters. The van der Waals surface area contributed by atoms with Crippen LogP contribution in [0.3, 0.4) is 0 Å². The number of amides is 10. The number of hydrogen-bond donors (Lipinski definition) is 7. The van der Waals surface area contributed by atoms with E-state index in [0.29, 0.717) is 51.4 Å². The Labute approximate surface area is 524 Å². The molecule has 24 nitrogen and oxygen atoms in total. The summed E-state index contributed by atoms with van der Waals surface area (Å²) in [5.41, 5.74) is 2.69. The van der Waals surface area contributed by atoms with E-state index in [1.807, 2.05) is 24.3 Å². The Morgan fingerprint density at radius 3 is 2.14 bits per heavy atom. The number of alkyl halides is 4. The Morgan fingerprint density at radius 2 is 1.48 bits per heavy atom. The smallest absolute Gasteiger partial charge is 0.371 e. The van der Waals surface area contributed by atoms with Crippen molar-refractivity contribution in [3.05, 3.63) is 99.4 Å². The number of nitrogens with two attached hydrogens (primary N) is 1. The van der Waals surface area contributed by atoms with Crippen molar-refractivity contribution in [1.82, 2.24) is 45.8 Å². The van der Waals surface area contributed by atoms with E-state index < -0.39 is 134 Å². The molecule has 0 radical (unpaired) electrons. The number of benzene rings is 3. The number of halogens is 4. The van der Waals surface area contributed by atoms with Crippen LogP contribution in [0.15, 0.2) is 66.7 Å². The van der Waals surface area contributed by atoms with Crippen LogP contribution in [0.4, 0.5) is 23.2 Å². The lowest BCUT2D eigenvalue weighted by molar-refractivity contribution is -0.144. The average Bonchev–Trinajstić information content (AvgIpc) is 1.63. The fourth-order valence-corrected chi connectivity index (χ4v) is 14.3. The van der Waals surface area contributed by atoms with Crippen LogP contribution in [0, 0.1) is 5.92 Å². The van der Waals surface area contributed by atoms with Gasteiger partial charge in [-0.15, -0.1) is 11.3 Å². The lowest BCUT2D eigenvalue weighted by Crippen LogP contribution is -2.62. The number of piperidine rings is 1. The quantitative estimate of drug-likeness (QED) is 0.0380. The lowest BCUT2D eigenvalue weighted by Gasteiger charge is -2.45. The summed E-state index contributed by atoms with van der Waals surface area (Å²) >= 11 is 0.811. The minimum atomic E-state index is -5.94. The molecule has 0 spiro atoms. The van der Waals surface area contributed by atoms with Gasteiger partial charge in [-0.25, -0.2) is 8.78 Å². The third kappa shape index (κ3) is 14.5. The minimum absolute atomic E-state index is 0.00863. The largest absolute Gasteiger partial charge is 0.399 e. The van der Waals surface area contributed by atoms with Crippen LogP contribution < -0.4 is 31.9 Å². The van der Waals surface area contributed by atoms with E-state index in [0.717, 1.165) is 45.7 Å². The Bertz CT molecular complexity index is 3610. The Kier molecular flexibility index (Phi) is 19.3. The summed E-state index contributed by atoms with van der Waals surface area (Å²) in [6.45, 7) is 8.59. The second kappa shape index (κ2) is 26.5. The van der Waals surface area contributed by atoms with Crippen molar-refractivity contribution >= 4 is 93.8 Å². The van der Waals surface area contributed by atoms with Crippen LogP contribution in [0.5, 0.6) is 0 Å². The third-order valence-electron chi connectivity index (χ3n) is 17.9. The number of carbonyl (C=O) groups excluding carboxylic acids is 10. The van der Waals surface area contributed by atoms with E-state index in [1.54, 1.807) is 23.1 Å². The van der Waals surface area contributed by atoms with E-state index >= 15 is 0 Å². The van der Waals surface area contributed by atoms with Crippen LogP contribution in [0.25, 0.3) is 10.1 Å². The SMILES string of the molecule is CC(C)(C)c1ccc(C[C@H](NC(=O)[C@H](CCC(N)=O)NC(=O)[C@@H]2CC[C@@H]3CCN(CC(F)F)C[C@H](NC(=O)c4cc5cc(C(F)(F)P(=O)(O)O)ccc5s4)C(=O)N32)C(=O)N2CCN(CC3CN(c4ccc5c(c4)C(=O)N(C4CCC(=O)NC4=O)C5=O)C3)CC2)cc1. The third-order valence-corrected chi connectivity index (χ3v) is 20.0. The Hall–Kier alpha value is -7.69. The summed E-state index contributed by atoms with van der Waals surface area (Å²) in [4.78, 5) is 164. The van der Waals surface area contributed by atoms with Gasteiger partial charge in [0.25, 0.3) is 24.1 Å². The number of primary amides is 1. The molecule has 30 heteroatoms. The van der Waals surface area contributed by atoms with Crippen LogP contribution in [0.2, 0.25) is 0 Å². The zero-order valence-corrected chi connectivity index (χ0v) is 51.9. The first-order valence-electron chi connectivity index (χ1n) is 30.1. The highest BCUT2D eigenvalue weighted by Crippen LogP contribution is 2.59. The molecule has 0 aliphatic carbocycles. The molecule has 8 N–H and O–H groups in total. The highest BCUT2D eigenvalue weighted by atomic mass is 32.1. The fraction of sp³-hybridized carbons (Fsp3) is 0.508. The molecule has 6 aliphatic rings. The maximum atomic E-state index is 14.8. The van der Waals surface area contributed by atoms with Crippen molar-refractivity contribution in [2.45, 2.75) is 126 Å². The molecule has 5 fully saturated rings.